The van der Waals surface area contributed by atoms with Gasteiger partial charge in [0.1, 0.15) is 18.1 Å². The fourth-order valence-electron chi connectivity index (χ4n) is 4.21. The van der Waals surface area contributed by atoms with E-state index >= 15 is 0 Å². The highest BCUT2D eigenvalue weighted by atomic mass is 31.2. The SMILES string of the molecule is O=P(C[C@H]1CCC[P+]1(O)c1ccccc1)(c1ccccc1)c1ccccc1. The molecule has 27 heavy (non-hydrogen) atoms. The van der Waals surface area contributed by atoms with Gasteiger partial charge in [0.15, 0.2) is 7.49 Å². The van der Waals surface area contributed by atoms with Crippen LogP contribution in [0.1, 0.15) is 12.8 Å². The lowest BCUT2D eigenvalue weighted by atomic mass is 10.3. The van der Waals surface area contributed by atoms with Gasteiger partial charge in [-0.15, -0.1) is 0 Å². The predicted molar refractivity (Wildman–Crippen MR) is 118 cm³/mol. The molecule has 1 N–H and O–H groups in total. The molecule has 3 aromatic rings. The second-order valence-corrected chi connectivity index (χ2v) is 13.5. The fraction of sp³-hybridized carbons (Fsp3) is 0.217. The van der Waals surface area contributed by atoms with Crippen LogP contribution in [0.3, 0.4) is 0 Å². The smallest absolute Gasteiger partial charge is 0.177 e. The topological polar surface area (TPSA) is 37.3 Å². The van der Waals surface area contributed by atoms with Gasteiger partial charge < -0.3 is 4.57 Å². The number of hydrogen-bond acceptors (Lipinski definition) is 2. The molecule has 0 saturated carbocycles. The summed E-state index contributed by atoms with van der Waals surface area (Å²) in [5.74, 6) is 0. The first kappa shape index (κ1) is 18.6. The Morgan fingerprint density at radius 2 is 1.30 bits per heavy atom. The maximum absolute atomic E-state index is 14.4. The summed E-state index contributed by atoms with van der Waals surface area (Å²) in [5.41, 5.74) is 0.0890. The highest BCUT2D eigenvalue weighted by Gasteiger charge is 2.53. The first-order valence-corrected chi connectivity index (χ1v) is 13.4. The van der Waals surface area contributed by atoms with Gasteiger partial charge in [-0.05, 0) is 25.0 Å². The van der Waals surface area contributed by atoms with Gasteiger partial charge in [-0.1, -0.05) is 78.9 Å². The van der Waals surface area contributed by atoms with Gasteiger partial charge in [0, 0.05) is 16.8 Å². The van der Waals surface area contributed by atoms with Crippen LogP contribution in [-0.2, 0) is 4.57 Å². The zero-order valence-electron chi connectivity index (χ0n) is 15.3. The summed E-state index contributed by atoms with van der Waals surface area (Å²) in [6.45, 7) is 0. The molecule has 0 spiro atoms. The summed E-state index contributed by atoms with van der Waals surface area (Å²) in [6, 6.07) is 29.7. The minimum atomic E-state index is -2.81. The molecule has 1 aliphatic rings. The van der Waals surface area contributed by atoms with E-state index in [4.69, 9.17) is 0 Å². The summed E-state index contributed by atoms with van der Waals surface area (Å²) < 4.78 is 14.4. The maximum Gasteiger partial charge on any atom is 0.177 e. The van der Waals surface area contributed by atoms with Crippen molar-refractivity contribution in [3.63, 3.8) is 0 Å². The number of rotatable bonds is 5. The van der Waals surface area contributed by atoms with Crippen molar-refractivity contribution in [2.75, 3.05) is 12.3 Å². The van der Waals surface area contributed by atoms with Gasteiger partial charge >= 0.3 is 0 Å². The lowest BCUT2D eigenvalue weighted by Gasteiger charge is -2.27. The van der Waals surface area contributed by atoms with Crippen LogP contribution in [0.15, 0.2) is 91.0 Å². The summed E-state index contributed by atoms with van der Waals surface area (Å²) in [5, 5.41) is 2.84. The zero-order chi connectivity index (χ0) is 18.7. The third-order valence-electron chi connectivity index (χ3n) is 5.66. The van der Waals surface area contributed by atoms with E-state index in [1.807, 2.05) is 91.0 Å². The lowest BCUT2D eigenvalue weighted by molar-refractivity contribution is 0.580. The van der Waals surface area contributed by atoms with E-state index in [0.29, 0.717) is 6.16 Å². The molecule has 138 valence electrons. The minimum absolute atomic E-state index is 0.0890. The number of hydrogen-bond donors (Lipinski definition) is 1. The predicted octanol–water partition coefficient (Wildman–Crippen LogP) is 4.41. The van der Waals surface area contributed by atoms with Crippen LogP contribution in [0.25, 0.3) is 0 Å². The average molecular weight is 395 g/mol. The molecule has 1 unspecified atom stereocenters. The first-order chi connectivity index (χ1) is 13.1. The van der Waals surface area contributed by atoms with E-state index < -0.39 is 14.6 Å². The van der Waals surface area contributed by atoms with Gasteiger partial charge in [-0.25, -0.2) is 4.89 Å². The Hall–Kier alpha value is -1.72. The van der Waals surface area contributed by atoms with Crippen LogP contribution in [0.4, 0.5) is 0 Å². The summed E-state index contributed by atoms with van der Waals surface area (Å²) in [7, 11) is -5.10. The van der Waals surface area contributed by atoms with Crippen LogP contribution >= 0.6 is 14.6 Å². The van der Waals surface area contributed by atoms with Crippen molar-refractivity contribution < 1.29 is 9.46 Å². The third kappa shape index (κ3) is 3.55. The molecule has 4 rings (SSSR count). The second-order valence-electron chi connectivity index (χ2n) is 7.28. The van der Waals surface area contributed by atoms with Crippen molar-refractivity contribution in [1.29, 1.82) is 0 Å². The summed E-state index contributed by atoms with van der Waals surface area (Å²) in [6.07, 6.45) is 3.34. The monoisotopic (exact) mass is 395 g/mol. The zero-order valence-corrected chi connectivity index (χ0v) is 17.1. The van der Waals surface area contributed by atoms with Crippen LogP contribution in [-0.4, -0.2) is 22.9 Å². The molecule has 4 heteroatoms. The van der Waals surface area contributed by atoms with Gasteiger partial charge in [-0.3, -0.25) is 0 Å². The standard InChI is InChI=1S/C23H25O2P2/c24-26(20-11-4-1-5-12-20)18-10-17-23(26)19-27(25,21-13-6-2-7-14-21)22-15-8-3-9-16-22/h1-9,11-16,23-24H,10,17-19H2/q+1/t23-,26?/m1/s1. The highest BCUT2D eigenvalue weighted by Crippen LogP contribution is 2.67. The Kier molecular flexibility index (Phi) is 5.33. The normalized spacial score (nSPS) is 22.6. The Balaban J connectivity index is 1.76. The lowest BCUT2D eigenvalue weighted by Crippen LogP contribution is -2.28. The minimum Gasteiger partial charge on any atom is -0.313 e. The van der Waals surface area contributed by atoms with Gasteiger partial charge in [0.25, 0.3) is 0 Å². The van der Waals surface area contributed by atoms with Crippen molar-refractivity contribution in [2.45, 2.75) is 18.5 Å². The van der Waals surface area contributed by atoms with E-state index in [1.54, 1.807) is 0 Å². The van der Waals surface area contributed by atoms with E-state index in [0.717, 1.165) is 34.9 Å². The molecule has 0 aromatic heterocycles. The molecule has 1 heterocycles. The van der Waals surface area contributed by atoms with E-state index in [9.17, 15) is 9.46 Å². The molecular weight excluding hydrogens is 370 g/mol. The van der Waals surface area contributed by atoms with Gasteiger partial charge in [0.05, 0.1) is 6.16 Å². The maximum atomic E-state index is 14.4. The molecule has 0 amide bonds. The molecule has 1 saturated heterocycles. The molecule has 1 fully saturated rings. The van der Waals surface area contributed by atoms with Crippen molar-refractivity contribution in [1.82, 2.24) is 0 Å². The average Bonchev–Trinajstić information content (AvgIpc) is 3.11. The molecular formula is C23H25O2P2+. The molecule has 2 atom stereocenters. The van der Waals surface area contributed by atoms with Gasteiger partial charge in [0.2, 0.25) is 0 Å². The molecule has 0 radical (unpaired) electrons. The van der Waals surface area contributed by atoms with E-state index in [2.05, 4.69) is 0 Å². The molecule has 0 bridgehead atoms. The van der Waals surface area contributed by atoms with Crippen molar-refractivity contribution in [3.8, 4) is 0 Å². The van der Waals surface area contributed by atoms with Gasteiger partial charge in [-0.2, -0.15) is 0 Å². The van der Waals surface area contributed by atoms with Crippen LogP contribution in [0, 0.1) is 0 Å². The Morgan fingerprint density at radius 3 is 1.81 bits per heavy atom. The van der Waals surface area contributed by atoms with Crippen molar-refractivity contribution >= 4 is 30.5 Å². The second kappa shape index (κ2) is 7.72. The molecule has 0 aliphatic carbocycles. The summed E-state index contributed by atoms with van der Waals surface area (Å²) in [4.78, 5) is 11.7. The fourth-order valence-corrected chi connectivity index (χ4v) is 11.8. The first-order valence-electron chi connectivity index (χ1n) is 9.49. The van der Waals surface area contributed by atoms with Crippen molar-refractivity contribution in [3.05, 3.63) is 91.0 Å². The Morgan fingerprint density at radius 1 is 0.815 bits per heavy atom. The molecule has 3 aromatic carbocycles. The molecule has 1 aliphatic heterocycles. The molecule has 2 nitrogen and oxygen atoms in total. The van der Waals surface area contributed by atoms with Crippen LogP contribution in [0.5, 0.6) is 0 Å². The Labute approximate surface area is 162 Å². The van der Waals surface area contributed by atoms with Crippen LogP contribution < -0.4 is 15.9 Å². The van der Waals surface area contributed by atoms with Crippen molar-refractivity contribution in [2.24, 2.45) is 0 Å². The Bertz CT molecular complexity index is 885. The summed E-state index contributed by atoms with van der Waals surface area (Å²) >= 11 is 0. The van der Waals surface area contributed by atoms with E-state index in [1.165, 1.54) is 0 Å². The third-order valence-corrected chi connectivity index (χ3v) is 13.0. The van der Waals surface area contributed by atoms with Crippen LogP contribution in [0.2, 0.25) is 0 Å². The van der Waals surface area contributed by atoms with E-state index in [-0.39, 0.29) is 5.66 Å². The number of benzene rings is 3. The highest BCUT2D eigenvalue weighted by molar-refractivity contribution is 7.82. The largest absolute Gasteiger partial charge is 0.313 e. The quantitative estimate of drug-likeness (QED) is 0.650.